The molecular weight excluding hydrogens is 302 g/mol. The Morgan fingerprint density at radius 3 is 2.64 bits per heavy atom. The van der Waals surface area contributed by atoms with Crippen LogP contribution in [0.5, 0.6) is 0 Å². The Labute approximate surface area is 134 Å². The van der Waals surface area contributed by atoms with Gasteiger partial charge < -0.3 is 14.7 Å². The van der Waals surface area contributed by atoms with Crippen LogP contribution in [-0.2, 0) is 22.4 Å². The number of nitrogens with zero attached hydrogens (tertiary/aromatic N) is 1. The van der Waals surface area contributed by atoms with Crippen molar-refractivity contribution in [3.8, 4) is 0 Å². The summed E-state index contributed by atoms with van der Waals surface area (Å²) >= 11 is 1.64. The lowest BCUT2D eigenvalue weighted by Gasteiger charge is -2.22. The molecule has 1 aromatic rings. The molecule has 0 fully saturated rings. The fourth-order valence-electron chi connectivity index (χ4n) is 2.90. The zero-order valence-corrected chi connectivity index (χ0v) is 14.0. The summed E-state index contributed by atoms with van der Waals surface area (Å²) < 4.78 is 4.99. The molecule has 6 heteroatoms. The molecule has 1 aliphatic rings. The Morgan fingerprint density at radius 1 is 1.27 bits per heavy atom. The topological polar surface area (TPSA) is 66.8 Å². The van der Waals surface area contributed by atoms with Crippen LogP contribution in [-0.4, -0.2) is 37.2 Å². The van der Waals surface area contributed by atoms with E-state index in [0.29, 0.717) is 18.7 Å². The molecule has 2 rings (SSSR count). The summed E-state index contributed by atoms with van der Waals surface area (Å²) in [5, 5.41) is 9.79. The van der Waals surface area contributed by atoms with Crippen molar-refractivity contribution in [1.82, 2.24) is 0 Å². The van der Waals surface area contributed by atoms with Crippen molar-refractivity contribution >= 4 is 28.3 Å². The van der Waals surface area contributed by atoms with Gasteiger partial charge in [-0.3, -0.25) is 4.79 Å². The first kappa shape index (κ1) is 16.8. The van der Waals surface area contributed by atoms with Gasteiger partial charge in [-0.25, -0.2) is 4.79 Å². The average molecular weight is 325 g/mol. The monoisotopic (exact) mass is 325 g/mol. The van der Waals surface area contributed by atoms with Crippen LogP contribution in [0.25, 0.3) is 0 Å². The molecule has 0 bridgehead atoms. The van der Waals surface area contributed by atoms with Crippen molar-refractivity contribution in [2.24, 2.45) is 0 Å². The van der Waals surface area contributed by atoms with Crippen LogP contribution >= 0.6 is 11.3 Å². The van der Waals surface area contributed by atoms with E-state index >= 15 is 0 Å². The SMILES string of the molecule is CCN(CCC(=O)O)c1sc2c(c1C(=O)OC)CCCCC2. The third-order valence-electron chi connectivity index (χ3n) is 4.06. The molecule has 1 aliphatic carbocycles. The second kappa shape index (κ2) is 7.63. The van der Waals surface area contributed by atoms with Crippen LogP contribution in [0.4, 0.5) is 5.00 Å². The van der Waals surface area contributed by atoms with Gasteiger partial charge in [0.05, 0.1) is 19.1 Å². The number of carbonyl (C=O) groups is 2. The van der Waals surface area contributed by atoms with Gasteiger partial charge in [-0.1, -0.05) is 6.42 Å². The number of methoxy groups -OCH3 is 1. The van der Waals surface area contributed by atoms with Gasteiger partial charge in [-0.2, -0.15) is 0 Å². The van der Waals surface area contributed by atoms with Crippen molar-refractivity contribution < 1.29 is 19.4 Å². The zero-order chi connectivity index (χ0) is 16.1. The summed E-state index contributed by atoms with van der Waals surface area (Å²) in [6, 6.07) is 0. The van der Waals surface area contributed by atoms with Gasteiger partial charge in [0.25, 0.3) is 0 Å². The zero-order valence-electron chi connectivity index (χ0n) is 13.2. The van der Waals surface area contributed by atoms with Gasteiger partial charge >= 0.3 is 11.9 Å². The second-order valence-corrected chi connectivity index (χ2v) is 6.54. The van der Waals surface area contributed by atoms with Crippen molar-refractivity contribution in [3.63, 3.8) is 0 Å². The maximum Gasteiger partial charge on any atom is 0.341 e. The first-order valence-electron chi connectivity index (χ1n) is 7.78. The molecule has 0 radical (unpaired) electrons. The van der Waals surface area contributed by atoms with E-state index in [0.717, 1.165) is 36.2 Å². The third-order valence-corrected chi connectivity index (χ3v) is 5.41. The molecule has 0 atom stereocenters. The van der Waals surface area contributed by atoms with Gasteiger partial charge in [0.2, 0.25) is 0 Å². The van der Waals surface area contributed by atoms with E-state index in [9.17, 15) is 9.59 Å². The maximum atomic E-state index is 12.3. The number of aryl methyl sites for hydroxylation is 1. The van der Waals surface area contributed by atoms with E-state index in [4.69, 9.17) is 9.84 Å². The molecule has 0 unspecified atom stereocenters. The summed E-state index contributed by atoms with van der Waals surface area (Å²) in [6.45, 7) is 3.07. The predicted molar refractivity (Wildman–Crippen MR) is 87.1 cm³/mol. The van der Waals surface area contributed by atoms with Gasteiger partial charge in [-0.15, -0.1) is 11.3 Å². The molecule has 5 nitrogen and oxygen atoms in total. The minimum Gasteiger partial charge on any atom is -0.481 e. The minimum absolute atomic E-state index is 0.0665. The number of ether oxygens (including phenoxy) is 1. The maximum absolute atomic E-state index is 12.3. The summed E-state index contributed by atoms with van der Waals surface area (Å²) in [6.07, 6.45) is 5.40. The third kappa shape index (κ3) is 3.61. The second-order valence-electron chi connectivity index (χ2n) is 5.46. The smallest absolute Gasteiger partial charge is 0.341 e. The van der Waals surface area contributed by atoms with Gasteiger partial charge in [0.15, 0.2) is 0 Å². The van der Waals surface area contributed by atoms with Crippen LogP contribution < -0.4 is 4.90 Å². The molecule has 1 aromatic heterocycles. The van der Waals surface area contributed by atoms with Crippen LogP contribution in [0.15, 0.2) is 0 Å². The van der Waals surface area contributed by atoms with E-state index in [2.05, 4.69) is 0 Å². The van der Waals surface area contributed by atoms with Gasteiger partial charge in [0.1, 0.15) is 5.00 Å². The van der Waals surface area contributed by atoms with Crippen LogP contribution in [0.1, 0.15) is 53.4 Å². The molecule has 0 saturated carbocycles. The number of carbonyl (C=O) groups excluding carboxylic acids is 1. The first-order valence-corrected chi connectivity index (χ1v) is 8.59. The molecule has 22 heavy (non-hydrogen) atoms. The highest BCUT2D eigenvalue weighted by Crippen LogP contribution is 2.40. The van der Waals surface area contributed by atoms with E-state index in [1.807, 2.05) is 11.8 Å². The predicted octanol–water partition coefficient (Wildman–Crippen LogP) is 3.10. The summed E-state index contributed by atoms with van der Waals surface area (Å²) in [7, 11) is 1.40. The van der Waals surface area contributed by atoms with E-state index in [-0.39, 0.29) is 12.4 Å². The van der Waals surface area contributed by atoms with Crippen LogP contribution in [0.2, 0.25) is 0 Å². The molecular formula is C16H23NO4S. The largest absolute Gasteiger partial charge is 0.481 e. The Balaban J connectivity index is 2.40. The number of aliphatic carboxylic acids is 1. The number of fused-ring (bicyclic) bond motifs is 1. The number of esters is 1. The number of anilines is 1. The highest BCUT2D eigenvalue weighted by molar-refractivity contribution is 7.16. The lowest BCUT2D eigenvalue weighted by molar-refractivity contribution is -0.136. The quantitative estimate of drug-likeness (QED) is 0.643. The Morgan fingerprint density at radius 2 is 2.00 bits per heavy atom. The normalized spacial score (nSPS) is 14.1. The van der Waals surface area contributed by atoms with Crippen molar-refractivity contribution in [2.45, 2.75) is 45.4 Å². The number of carboxylic acid groups (broad SMARTS) is 1. The van der Waals surface area contributed by atoms with Crippen molar-refractivity contribution in [1.29, 1.82) is 0 Å². The highest BCUT2D eigenvalue weighted by Gasteiger charge is 2.27. The minimum atomic E-state index is -0.823. The van der Waals surface area contributed by atoms with Crippen molar-refractivity contribution in [3.05, 3.63) is 16.0 Å². The van der Waals surface area contributed by atoms with E-state index in [1.54, 1.807) is 11.3 Å². The number of rotatable bonds is 6. The summed E-state index contributed by atoms with van der Waals surface area (Å²) in [4.78, 5) is 26.4. The summed E-state index contributed by atoms with van der Waals surface area (Å²) in [5.41, 5.74) is 1.79. The molecule has 1 heterocycles. The fraction of sp³-hybridized carbons (Fsp3) is 0.625. The van der Waals surface area contributed by atoms with E-state index < -0.39 is 5.97 Å². The number of thiophene rings is 1. The standard InChI is InChI=1S/C16H23NO4S/c1-3-17(10-9-13(18)19)15-14(16(20)21-2)11-7-5-4-6-8-12(11)22-15/h3-10H2,1-2H3,(H,18,19). The van der Waals surface area contributed by atoms with Crippen LogP contribution in [0, 0.1) is 0 Å². The van der Waals surface area contributed by atoms with Crippen molar-refractivity contribution in [2.75, 3.05) is 25.1 Å². The molecule has 0 aromatic carbocycles. The van der Waals surface area contributed by atoms with Gasteiger partial charge in [-0.05, 0) is 38.2 Å². The first-order chi connectivity index (χ1) is 10.6. The summed E-state index contributed by atoms with van der Waals surface area (Å²) in [5.74, 6) is -1.13. The Kier molecular flexibility index (Phi) is 5.83. The number of carboxylic acids is 1. The molecule has 0 aliphatic heterocycles. The Bertz CT molecular complexity index is 553. The molecule has 1 N–H and O–H groups in total. The molecule has 0 saturated heterocycles. The van der Waals surface area contributed by atoms with Crippen LogP contribution in [0.3, 0.4) is 0 Å². The van der Waals surface area contributed by atoms with Gasteiger partial charge in [0, 0.05) is 18.0 Å². The molecule has 0 spiro atoms. The Hall–Kier alpha value is -1.56. The number of hydrogen-bond donors (Lipinski definition) is 1. The molecule has 0 amide bonds. The number of hydrogen-bond acceptors (Lipinski definition) is 5. The highest BCUT2D eigenvalue weighted by atomic mass is 32.1. The lowest BCUT2D eigenvalue weighted by Crippen LogP contribution is -2.26. The van der Waals surface area contributed by atoms with E-state index in [1.165, 1.54) is 18.4 Å². The average Bonchev–Trinajstić information content (AvgIpc) is 2.70. The molecule has 122 valence electrons. The fourth-order valence-corrected chi connectivity index (χ4v) is 4.36. The lowest BCUT2D eigenvalue weighted by atomic mass is 10.1.